The minimum Gasteiger partial charge on any atom is -0.497 e. The Morgan fingerprint density at radius 3 is 2.25 bits per heavy atom. The predicted octanol–water partition coefficient (Wildman–Crippen LogP) is 6.24. The van der Waals surface area contributed by atoms with Gasteiger partial charge in [-0.15, -0.1) is 11.3 Å². The smallest absolute Gasteiger partial charge is 0.309 e. The van der Waals surface area contributed by atoms with Gasteiger partial charge in [0.2, 0.25) is 10.0 Å². The number of ether oxygens (including phenoxy) is 3. The van der Waals surface area contributed by atoms with Crippen molar-refractivity contribution in [1.29, 1.82) is 0 Å². The van der Waals surface area contributed by atoms with E-state index in [2.05, 4.69) is 0 Å². The molecule has 10 heteroatoms. The molecule has 0 amide bonds. The number of aromatic nitrogens is 1. The molecule has 0 N–H and O–H groups in total. The third-order valence-corrected chi connectivity index (χ3v) is 9.53. The third-order valence-electron chi connectivity index (χ3n) is 6.74. The van der Waals surface area contributed by atoms with Crippen LogP contribution < -0.4 is 9.47 Å². The largest absolute Gasteiger partial charge is 0.497 e. The fourth-order valence-electron chi connectivity index (χ4n) is 4.54. The van der Waals surface area contributed by atoms with Gasteiger partial charge >= 0.3 is 5.97 Å². The second kappa shape index (κ2) is 12.2. The van der Waals surface area contributed by atoms with Crippen LogP contribution in [0.4, 0.5) is 0 Å². The maximum Gasteiger partial charge on any atom is 0.309 e. The summed E-state index contributed by atoms with van der Waals surface area (Å²) in [6, 6.07) is 21.9. The summed E-state index contributed by atoms with van der Waals surface area (Å²) in [5, 5.41) is 2.74. The van der Waals surface area contributed by atoms with Gasteiger partial charge in [-0.05, 0) is 80.4 Å². The topological polar surface area (TPSA) is 95.0 Å². The number of carbonyl (C=O) groups excluding carboxylic acids is 1. The number of thiazole rings is 1. The summed E-state index contributed by atoms with van der Waals surface area (Å²) >= 11 is 1.49. The van der Waals surface area contributed by atoms with Crippen LogP contribution in [-0.2, 0) is 19.6 Å². The van der Waals surface area contributed by atoms with Crippen molar-refractivity contribution >= 4 is 27.3 Å². The van der Waals surface area contributed by atoms with Crippen molar-refractivity contribution in [2.75, 3.05) is 26.8 Å². The molecular formula is C30H30N2O6S2. The first-order valence-electron chi connectivity index (χ1n) is 13.0. The van der Waals surface area contributed by atoms with Crippen LogP contribution in [0.5, 0.6) is 17.2 Å². The van der Waals surface area contributed by atoms with E-state index in [9.17, 15) is 13.2 Å². The number of hydrogen-bond acceptors (Lipinski definition) is 8. The molecule has 0 radical (unpaired) electrons. The summed E-state index contributed by atoms with van der Waals surface area (Å²) in [5.41, 5.74) is 2.37. The second-order valence-corrected chi connectivity index (χ2v) is 12.1. The number of sulfonamides is 1. The zero-order valence-corrected chi connectivity index (χ0v) is 23.9. The monoisotopic (exact) mass is 578 g/mol. The van der Waals surface area contributed by atoms with Crippen molar-refractivity contribution in [3.8, 4) is 39.1 Å². The third kappa shape index (κ3) is 6.19. The van der Waals surface area contributed by atoms with Crippen molar-refractivity contribution < 1.29 is 27.4 Å². The normalized spacial score (nSPS) is 14.6. The van der Waals surface area contributed by atoms with Crippen LogP contribution in [0, 0.1) is 5.92 Å². The molecule has 0 atom stereocenters. The van der Waals surface area contributed by atoms with Gasteiger partial charge in [0.05, 0.1) is 30.2 Å². The van der Waals surface area contributed by atoms with Gasteiger partial charge < -0.3 is 14.2 Å². The summed E-state index contributed by atoms with van der Waals surface area (Å²) < 4.78 is 44.4. The molecule has 1 saturated heterocycles. The summed E-state index contributed by atoms with van der Waals surface area (Å²) in [5.74, 6) is 1.67. The number of carbonyl (C=O) groups is 1. The van der Waals surface area contributed by atoms with E-state index in [4.69, 9.17) is 19.2 Å². The summed E-state index contributed by atoms with van der Waals surface area (Å²) in [4.78, 5) is 17.0. The average molecular weight is 579 g/mol. The standard InChI is InChI=1S/C30H30N2O6S2/c1-3-37-30(33)22-15-17-32(18-16-22)40(34,35)27-6-4-5-23(19-27)28-20-39-29(31-28)21-7-9-25(10-8-21)38-26-13-11-24(36-2)12-14-26/h4-14,19-20,22H,3,15-18H2,1-2H3. The highest BCUT2D eigenvalue weighted by atomic mass is 32.2. The highest BCUT2D eigenvalue weighted by Gasteiger charge is 2.32. The Labute approximate surface area is 238 Å². The van der Waals surface area contributed by atoms with Gasteiger partial charge in [-0.2, -0.15) is 4.31 Å². The van der Waals surface area contributed by atoms with Crippen LogP contribution in [-0.4, -0.2) is 50.5 Å². The van der Waals surface area contributed by atoms with Crippen molar-refractivity contribution in [2.24, 2.45) is 5.92 Å². The minimum absolute atomic E-state index is 0.217. The Kier molecular flexibility index (Phi) is 8.49. The fraction of sp³-hybridized carbons (Fsp3) is 0.267. The van der Waals surface area contributed by atoms with E-state index in [0.29, 0.717) is 36.6 Å². The number of hydrogen-bond donors (Lipinski definition) is 0. The molecule has 2 heterocycles. The van der Waals surface area contributed by atoms with Crippen LogP contribution in [0.1, 0.15) is 19.8 Å². The fourth-order valence-corrected chi connectivity index (χ4v) is 6.89. The Morgan fingerprint density at radius 2 is 1.60 bits per heavy atom. The molecule has 3 aromatic carbocycles. The summed E-state index contributed by atoms with van der Waals surface area (Å²) in [7, 11) is -2.08. The van der Waals surface area contributed by atoms with Crippen LogP contribution in [0.25, 0.3) is 21.8 Å². The lowest BCUT2D eigenvalue weighted by atomic mass is 9.98. The molecule has 0 aliphatic carbocycles. The molecule has 0 saturated carbocycles. The summed E-state index contributed by atoms with van der Waals surface area (Å²) in [6.45, 7) is 2.67. The Bertz CT molecular complexity index is 1560. The van der Waals surface area contributed by atoms with Gasteiger partial charge in [0.15, 0.2) is 0 Å². The molecule has 208 valence electrons. The van der Waals surface area contributed by atoms with Gasteiger partial charge in [0.1, 0.15) is 22.3 Å². The van der Waals surface area contributed by atoms with Crippen LogP contribution in [0.15, 0.2) is 83.1 Å². The van der Waals surface area contributed by atoms with Gasteiger partial charge in [0, 0.05) is 29.6 Å². The molecule has 1 aliphatic heterocycles. The van der Waals surface area contributed by atoms with Gasteiger partial charge in [-0.25, -0.2) is 13.4 Å². The molecule has 1 aromatic heterocycles. The first-order chi connectivity index (χ1) is 19.4. The Hall–Kier alpha value is -3.73. The van der Waals surface area contributed by atoms with E-state index in [-0.39, 0.29) is 29.9 Å². The van der Waals surface area contributed by atoms with E-state index in [1.165, 1.54) is 15.6 Å². The van der Waals surface area contributed by atoms with Crippen LogP contribution in [0.3, 0.4) is 0 Å². The van der Waals surface area contributed by atoms with E-state index in [1.807, 2.05) is 60.0 Å². The first-order valence-corrected chi connectivity index (χ1v) is 15.3. The number of methoxy groups -OCH3 is 1. The second-order valence-electron chi connectivity index (χ2n) is 9.30. The minimum atomic E-state index is -3.70. The zero-order valence-electron chi connectivity index (χ0n) is 22.3. The van der Waals surface area contributed by atoms with Gasteiger partial charge in [-0.3, -0.25) is 4.79 Å². The molecular weight excluding hydrogens is 548 g/mol. The Balaban J connectivity index is 1.27. The molecule has 0 bridgehead atoms. The van der Waals surface area contributed by atoms with Crippen molar-refractivity contribution in [1.82, 2.24) is 9.29 Å². The molecule has 8 nitrogen and oxygen atoms in total. The SMILES string of the molecule is CCOC(=O)C1CCN(S(=O)(=O)c2cccc(-c3csc(-c4ccc(Oc5ccc(OC)cc5)cc4)n3)c2)CC1. The molecule has 1 aliphatic rings. The quantitative estimate of drug-likeness (QED) is 0.217. The average Bonchev–Trinajstić information content (AvgIpc) is 3.49. The number of nitrogens with zero attached hydrogens (tertiary/aromatic N) is 2. The van der Waals surface area contributed by atoms with Crippen molar-refractivity contribution in [2.45, 2.75) is 24.7 Å². The lowest BCUT2D eigenvalue weighted by molar-refractivity contribution is -0.149. The predicted molar refractivity (Wildman–Crippen MR) is 154 cm³/mol. The maximum atomic E-state index is 13.4. The number of benzene rings is 3. The molecule has 4 aromatic rings. The van der Waals surface area contributed by atoms with E-state index in [0.717, 1.165) is 21.9 Å². The number of piperidine rings is 1. The molecule has 0 spiro atoms. The number of esters is 1. The van der Waals surface area contributed by atoms with Crippen molar-refractivity contribution in [3.63, 3.8) is 0 Å². The number of rotatable bonds is 9. The lowest BCUT2D eigenvalue weighted by Crippen LogP contribution is -2.40. The molecule has 1 fully saturated rings. The van der Waals surface area contributed by atoms with Gasteiger partial charge in [0.25, 0.3) is 0 Å². The first kappa shape index (κ1) is 27.8. The molecule has 0 unspecified atom stereocenters. The Morgan fingerprint density at radius 1 is 0.950 bits per heavy atom. The highest BCUT2D eigenvalue weighted by Crippen LogP contribution is 2.33. The zero-order chi connectivity index (χ0) is 28.1. The molecule has 5 rings (SSSR count). The van der Waals surface area contributed by atoms with Gasteiger partial charge in [-0.1, -0.05) is 12.1 Å². The van der Waals surface area contributed by atoms with E-state index < -0.39 is 10.0 Å². The van der Waals surface area contributed by atoms with Crippen molar-refractivity contribution in [3.05, 3.63) is 78.2 Å². The van der Waals surface area contributed by atoms with E-state index >= 15 is 0 Å². The molecule has 40 heavy (non-hydrogen) atoms. The highest BCUT2D eigenvalue weighted by molar-refractivity contribution is 7.89. The lowest BCUT2D eigenvalue weighted by Gasteiger charge is -2.30. The summed E-state index contributed by atoms with van der Waals surface area (Å²) in [6.07, 6.45) is 0.911. The maximum absolute atomic E-state index is 13.4. The van der Waals surface area contributed by atoms with Crippen LogP contribution >= 0.6 is 11.3 Å². The van der Waals surface area contributed by atoms with Crippen LogP contribution in [0.2, 0.25) is 0 Å². The van der Waals surface area contributed by atoms with E-state index in [1.54, 1.807) is 32.2 Å².